The maximum Gasteiger partial charge on any atom is 0.453 e. The van der Waals surface area contributed by atoms with Crippen molar-refractivity contribution in [2.24, 2.45) is 0 Å². The van der Waals surface area contributed by atoms with E-state index in [0.717, 1.165) is 5.56 Å². The van der Waals surface area contributed by atoms with Crippen molar-refractivity contribution in [1.29, 1.82) is 0 Å². The highest BCUT2D eigenvalue weighted by Gasteiger charge is 2.57. The molecule has 0 aliphatic carbocycles. The number of nitrogens with one attached hydrogen (secondary N) is 1. The molecule has 0 saturated heterocycles. The Kier molecular flexibility index (Phi) is 4.53. The zero-order chi connectivity index (χ0) is 16.3. The van der Waals surface area contributed by atoms with Crippen molar-refractivity contribution in [3.63, 3.8) is 0 Å². The standard InChI is InChI=1S/C14H17NO7/c1-8(15-4-5-16)6-9-2-3-10-11(7-9)22-14(21-10,12(17)18)13(19)20/h2-3,7-8,15-16H,4-6H2,1H3,(H,17,18)(H,19,20)/t8-/m1/s1. The van der Waals surface area contributed by atoms with Crippen LogP contribution in [-0.2, 0) is 16.0 Å². The number of carboxylic acids is 2. The van der Waals surface area contributed by atoms with Crippen LogP contribution in [0.25, 0.3) is 0 Å². The molecular weight excluding hydrogens is 294 g/mol. The van der Waals surface area contributed by atoms with Gasteiger partial charge >= 0.3 is 17.7 Å². The third kappa shape index (κ3) is 2.97. The highest BCUT2D eigenvalue weighted by Crippen LogP contribution is 2.40. The summed E-state index contributed by atoms with van der Waals surface area (Å²) in [6, 6.07) is 4.83. The molecule has 0 bridgehead atoms. The summed E-state index contributed by atoms with van der Waals surface area (Å²) in [5.74, 6) is -6.03. The normalized spacial score (nSPS) is 16.3. The molecule has 0 fully saturated rings. The summed E-state index contributed by atoms with van der Waals surface area (Å²) >= 11 is 0. The van der Waals surface area contributed by atoms with Gasteiger partial charge in [0, 0.05) is 12.6 Å². The molecule has 1 aliphatic rings. The van der Waals surface area contributed by atoms with Gasteiger partial charge in [0.15, 0.2) is 11.5 Å². The highest BCUT2D eigenvalue weighted by atomic mass is 16.8. The van der Waals surface area contributed by atoms with Gasteiger partial charge in [-0.15, -0.1) is 0 Å². The Labute approximate surface area is 126 Å². The second-order valence-electron chi connectivity index (χ2n) is 5.00. The first-order valence-electron chi connectivity index (χ1n) is 6.71. The SMILES string of the molecule is C[C@H](Cc1ccc2c(c1)OC(C(=O)O)(C(=O)O)O2)NCCO. The minimum Gasteiger partial charge on any atom is -0.475 e. The van der Waals surface area contributed by atoms with E-state index in [0.29, 0.717) is 13.0 Å². The molecule has 1 atom stereocenters. The maximum atomic E-state index is 11.1. The lowest BCUT2D eigenvalue weighted by molar-refractivity contribution is -0.194. The fourth-order valence-electron chi connectivity index (χ4n) is 2.18. The minimum atomic E-state index is -2.73. The van der Waals surface area contributed by atoms with Crippen molar-refractivity contribution in [2.45, 2.75) is 25.2 Å². The van der Waals surface area contributed by atoms with Crippen LogP contribution in [0.3, 0.4) is 0 Å². The van der Waals surface area contributed by atoms with Gasteiger partial charge in [-0.3, -0.25) is 0 Å². The van der Waals surface area contributed by atoms with E-state index in [4.69, 9.17) is 24.8 Å². The highest BCUT2D eigenvalue weighted by molar-refractivity contribution is 6.01. The Bertz CT molecular complexity index is 573. The van der Waals surface area contributed by atoms with Crippen molar-refractivity contribution in [2.75, 3.05) is 13.2 Å². The molecule has 4 N–H and O–H groups in total. The Morgan fingerprint density at radius 1 is 1.23 bits per heavy atom. The average molecular weight is 311 g/mol. The second-order valence-corrected chi connectivity index (χ2v) is 5.00. The van der Waals surface area contributed by atoms with Gasteiger partial charge in [-0.2, -0.15) is 0 Å². The number of aliphatic hydroxyl groups is 1. The van der Waals surface area contributed by atoms with Crippen LogP contribution in [0.2, 0.25) is 0 Å². The number of benzene rings is 1. The van der Waals surface area contributed by atoms with E-state index in [9.17, 15) is 9.59 Å². The molecule has 0 amide bonds. The Balaban J connectivity index is 2.15. The van der Waals surface area contributed by atoms with Crippen molar-refractivity contribution in [1.82, 2.24) is 5.32 Å². The van der Waals surface area contributed by atoms with E-state index in [1.165, 1.54) is 6.07 Å². The van der Waals surface area contributed by atoms with Crippen LogP contribution >= 0.6 is 0 Å². The molecule has 0 spiro atoms. The lowest BCUT2D eigenvalue weighted by Gasteiger charge is -2.16. The van der Waals surface area contributed by atoms with Crippen LogP contribution in [0.1, 0.15) is 12.5 Å². The van der Waals surface area contributed by atoms with E-state index in [2.05, 4.69) is 5.32 Å². The van der Waals surface area contributed by atoms with Crippen LogP contribution in [0, 0.1) is 0 Å². The van der Waals surface area contributed by atoms with Gasteiger partial charge in [0.1, 0.15) is 0 Å². The quantitative estimate of drug-likeness (QED) is 0.512. The Morgan fingerprint density at radius 3 is 2.45 bits per heavy atom. The van der Waals surface area contributed by atoms with E-state index < -0.39 is 17.7 Å². The third-order valence-electron chi connectivity index (χ3n) is 3.23. The van der Waals surface area contributed by atoms with Gasteiger partial charge in [0.2, 0.25) is 0 Å². The summed E-state index contributed by atoms with van der Waals surface area (Å²) in [4.78, 5) is 22.3. The fraction of sp³-hybridized carbons (Fsp3) is 0.429. The van der Waals surface area contributed by atoms with Crippen LogP contribution in [0.15, 0.2) is 18.2 Å². The van der Waals surface area contributed by atoms with Crippen LogP contribution in [-0.4, -0.2) is 52.2 Å². The minimum absolute atomic E-state index is 0.0330. The topological polar surface area (TPSA) is 125 Å². The molecule has 2 rings (SSSR count). The second kappa shape index (κ2) is 6.20. The van der Waals surface area contributed by atoms with Crippen molar-refractivity contribution < 1.29 is 34.4 Å². The van der Waals surface area contributed by atoms with Crippen LogP contribution in [0.5, 0.6) is 11.5 Å². The molecule has 1 heterocycles. The first-order chi connectivity index (χ1) is 10.4. The first-order valence-corrected chi connectivity index (χ1v) is 6.71. The van der Waals surface area contributed by atoms with E-state index in [1.54, 1.807) is 12.1 Å². The van der Waals surface area contributed by atoms with Crippen molar-refractivity contribution >= 4 is 11.9 Å². The van der Waals surface area contributed by atoms with Gasteiger partial charge in [0.05, 0.1) is 6.61 Å². The van der Waals surface area contributed by atoms with E-state index in [-0.39, 0.29) is 24.1 Å². The average Bonchev–Trinajstić information content (AvgIpc) is 2.85. The summed E-state index contributed by atoms with van der Waals surface area (Å²) in [6.45, 7) is 2.43. The lowest BCUT2D eigenvalue weighted by atomic mass is 10.1. The summed E-state index contributed by atoms with van der Waals surface area (Å²) in [6.07, 6.45) is 0.601. The summed E-state index contributed by atoms with van der Waals surface area (Å²) < 4.78 is 10.0. The first kappa shape index (κ1) is 16.1. The molecule has 0 radical (unpaired) electrons. The number of hydrogen-bond donors (Lipinski definition) is 4. The van der Waals surface area contributed by atoms with Gasteiger partial charge in [-0.05, 0) is 31.0 Å². The van der Waals surface area contributed by atoms with Gasteiger partial charge in [-0.25, -0.2) is 9.59 Å². The largest absolute Gasteiger partial charge is 0.475 e. The molecule has 8 nitrogen and oxygen atoms in total. The van der Waals surface area contributed by atoms with E-state index >= 15 is 0 Å². The number of aliphatic carboxylic acids is 2. The number of rotatable bonds is 7. The molecule has 120 valence electrons. The molecule has 8 heteroatoms. The predicted molar refractivity (Wildman–Crippen MR) is 74.0 cm³/mol. The molecular formula is C14H17NO7. The predicted octanol–water partition coefficient (Wildman–Crippen LogP) is -0.164. The van der Waals surface area contributed by atoms with Crippen molar-refractivity contribution in [3.05, 3.63) is 23.8 Å². The number of carbonyl (C=O) groups is 2. The molecule has 1 aliphatic heterocycles. The summed E-state index contributed by atoms with van der Waals surface area (Å²) in [5, 5.41) is 30.0. The number of ether oxygens (including phenoxy) is 2. The van der Waals surface area contributed by atoms with Gasteiger partial charge in [-0.1, -0.05) is 6.07 Å². The Morgan fingerprint density at radius 2 is 1.86 bits per heavy atom. The number of aliphatic hydroxyl groups excluding tert-OH is 1. The molecule has 22 heavy (non-hydrogen) atoms. The van der Waals surface area contributed by atoms with Gasteiger partial charge < -0.3 is 30.1 Å². The molecule has 0 aromatic heterocycles. The molecule has 0 saturated carbocycles. The zero-order valence-electron chi connectivity index (χ0n) is 11.9. The molecule has 1 aromatic rings. The van der Waals surface area contributed by atoms with Crippen molar-refractivity contribution in [3.8, 4) is 11.5 Å². The smallest absolute Gasteiger partial charge is 0.453 e. The third-order valence-corrected chi connectivity index (χ3v) is 3.23. The number of carboxylic acid groups (broad SMARTS) is 2. The zero-order valence-corrected chi connectivity index (χ0v) is 11.9. The van der Waals surface area contributed by atoms with Gasteiger partial charge in [0.25, 0.3) is 0 Å². The number of hydrogen-bond acceptors (Lipinski definition) is 6. The molecule has 0 unspecified atom stereocenters. The molecule has 1 aromatic carbocycles. The summed E-state index contributed by atoms with van der Waals surface area (Å²) in [5.41, 5.74) is 0.826. The van der Waals surface area contributed by atoms with Crippen LogP contribution < -0.4 is 14.8 Å². The monoisotopic (exact) mass is 311 g/mol. The maximum absolute atomic E-state index is 11.1. The number of fused-ring (bicyclic) bond motifs is 1. The Hall–Kier alpha value is -2.32. The van der Waals surface area contributed by atoms with E-state index in [1.807, 2.05) is 6.92 Å². The van der Waals surface area contributed by atoms with Crippen LogP contribution in [0.4, 0.5) is 0 Å². The summed E-state index contributed by atoms with van der Waals surface area (Å²) in [7, 11) is 0. The fourth-order valence-corrected chi connectivity index (χ4v) is 2.18. The lowest BCUT2D eigenvalue weighted by Crippen LogP contribution is -2.54.